The molecule has 0 unspecified atom stereocenters. The molecule has 0 aliphatic rings. The van der Waals surface area contributed by atoms with Crippen LogP contribution in [0.25, 0.3) is 43.8 Å². The fourth-order valence-electron chi connectivity index (χ4n) is 6.85. The van der Waals surface area contributed by atoms with Gasteiger partial charge in [-0.1, -0.05) is 133 Å². The topological polar surface area (TPSA) is 40.5 Å². The van der Waals surface area contributed by atoms with E-state index in [4.69, 9.17) is 0 Å². The van der Waals surface area contributed by atoms with Crippen molar-refractivity contribution in [3.8, 4) is 33.8 Å². The van der Waals surface area contributed by atoms with Gasteiger partial charge in [0, 0.05) is 0 Å². The van der Waals surface area contributed by atoms with Crippen molar-refractivity contribution in [3.63, 3.8) is 0 Å². The summed E-state index contributed by atoms with van der Waals surface area (Å²) in [6.07, 6.45) is 0. The van der Waals surface area contributed by atoms with E-state index < -0.39 is 0 Å². The van der Waals surface area contributed by atoms with E-state index in [9.17, 15) is 10.2 Å². The van der Waals surface area contributed by atoms with Gasteiger partial charge in [0.1, 0.15) is 11.5 Å². The van der Waals surface area contributed by atoms with Crippen LogP contribution in [-0.4, -0.2) is 17.1 Å². The van der Waals surface area contributed by atoms with Crippen molar-refractivity contribution in [2.45, 2.75) is 55.4 Å². The summed E-state index contributed by atoms with van der Waals surface area (Å²) in [5, 5.41) is 24.0. The summed E-state index contributed by atoms with van der Waals surface area (Å²) in [5.74, 6) is 0.844. The molecule has 0 spiro atoms. The molecule has 2 N–H and O–H groups in total. The number of phenolic OH excluding ortho intramolecular Hbond substituents is 2. The maximum absolute atomic E-state index is 9.33. The van der Waals surface area contributed by atoms with Crippen LogP contribution >= 0.6 is 0 Å². The Bertz CT molecular complexity index is 2200. The molecule has 2 nitrogen and oxygen atoms in total. The zero-order valence-electron chi connectivity index (χ0n) is 34.8. The third-order valence-electron chi connectivity index (χ3n) is 9.23. The second-order valence-electron chi connectivity index (χ2n) is 13.9. The van der Waals surface area contributed by atoms with Gasteiger partial charge < -0.3 is 25.1 Å². The number of aryl methyl sites for hydroxylation is 8. The van der Waals surface area contributed by atoms with Gasteiger partial charge in [-0.3, -0.25) is 0 Å². The van der Waals surface area contributed by atoms with E-state index in [1.165, 1.54) is 89.4 Å². The molecule has 2 radical (unpaired) electrons. The van der Waals surface area contributed by atoms with Gasteiger partial charge in [-0.05, 0) is 74.9 Å². The first-order valence-corrected chi connectivity index (χ1v) is 22.3. The Balaban J connectivity index is 0.000000257. The zero-order chi connectivity index (χ0) is 39.4. The number of fused-ring (bicyclic) bond motifs is 2. The molecule has 0 aliphatic heterocycles. The number of phenols is 2. The van der Waals surface area contributed by atoms with Crippen molar-refractivity contribution < 1.29 is 33.5 Å². The van der Waals surface area contributed by atoms with Crippen molar-refractivity contribution in [3.05, 3.63) is 205 Å². The van der Waals surface area contributed by atoms with Crippen molar-refractivity contribution in [2.75, 3.05) is 0 Å². The van der Waals surface area contributed by atoms with E-state index in [1.807, 2.05) is 65.8 Å². The number of aromatic hydroxyl groups is 2. The van der Waals surface area contributed by atoms with Crippen LogP contribution < -0.4 is 0 Å². The van der Waals surface area contributed by atoms with Crippen LogP contribution in [0.15, 0.2) is 146 Å². The Morgan fingerprint density at radius 3 is 1.02 bits per heavy atom. The third kappa shape index (κ3) is 12.6. The molecule has 0 amide bonds. The minimum absolute atomic E-state index is 0. The molecule has 8 aromatic rings. The molecule has 0 aliphatic carbocycles. The Morgan fingerprint density at radius 2 is 0.714 bits per heavy atom. The summed E-state index contributed by atoms with van der Waals surface area (Å²) in [5.41, 5.74) is 14.1. The number of benzene rings is 6. The molecule has 4 heteroatoms. The van der Waals surface area contributed by atoms with Crippen LogP contribution in [0.4, 0.5) is 0 Å². The van der Waals surface area contributed by atoms with Gasteiger partial charge >= 0.3 is 30.2 Å². The third-order valence-corrected chi connectivity index (χ3v) is 9.23. The minimum atomic E-state index is 0. The Hall–Kier alpha value is -4.76. The van der Waals surface area contributed by atoms with Crippen LogP contribution in [-0.2, 0) is 23.3 Å². The number of hydrogen-bond donors (Lipinski definition) is 2. The van der Waals surface area contributed by atoms with E-state index >= 15 is 0 Å². The van der Waals surface area contributed by atoms with Crippen LogP contribution in [0.1, 0.15) is 44.5 Å². The van der Waals surface area contributed by atoms with Crippen LogP contribution in [0.3, 0.4) is 0 Å². The summed E-state index contributed by atoms with van der Waals surface area (Å²) in [6, 6.07) is 51.0. The second kappa shape index (κ2) is 22.7. The molecular weight excluding hydrogens is 776 g/mol. The molecular formula is C52H56O2SiZr-4. The van der Waals surface area contributed by atoms with Crippen molar-refractivity contribution in [1.82, 2.24) is 0 Å². The molecule has 0 heterocycles. The molecule has 0 saturated heterocycles. The van der Waals surface area contributed by atoms with Gasteiger partial charge in [0.15, 0.2) is 0 Å². The molecule has 56 heavy (non-hydrogen) atoms. The predicted molar refractivity (Wildman–Crippen MR) is 243 cm³/mol. The first-order chi connectivity index (χ1) is 25.9. The van der Waals surface area contributed by atoms with Gasteiger partial charge in [-0.15, -0.1) is 69.1 Å². The molecule has 0 saturated carbocycles. The van der Waals surface area contributed by atoms with Gasteiger partial charge in [0.05, 0.1) is 0 Å². The SMILES string of the molecule is Cc1cc(C)c(O)c(C)c1.Cc1cc(C)c(O)c(C)c1.Cc1cc2c(-c3ccccc3)cccc2[cH-]1.Cc1cc2c(-c3ccccc3)cccc2[cH-]1.[CH3-].[CH3-].[Si]=[Zr]. The van der Waals surface area contributed by atoms with Crippen LogP contribution in [0.2, 0.25) is 0 Å². The molecule has 0 aromatic heterocycles. The first kappa shape index (κ1) is 47.4. The fraction of sp³-hybridized carbons (Fsp3) is 0.154. The Labute approximate surface area is 353 Å². The average molecular weight is 832 g/mol. The van der Waals surface area contributed by atoms with Gasteiger partial charge in [0.25, 0.3) is 0 Å². The van der Waals surface area contributed by atoms with Crippen LogP contribution in [0, 0.1) is 70.2 Å². The van der Waals surface area contributed by atoms with Crippen LogP contribution in [0.5, 0.6) is 11.5 Å². The molecule has 8 rings (SSSR count). The Morgan fingerprint density at radius 1 is 0.411 bits per heavy atom. The molecule has 0 atom stereocenters. The van der Waals surface area contributed by atoms with Crippen molar-refractivity contribution >= 4 is 28.4 Å². The summed E-state index contributed by atoms with van der Waals surface area (Å²) >= 11 is 1.36. The van der Waals surface area contributed by atoms with Gasteiger partial charge in [-0.2, -0.15) is 12.1 Å². The molecule has 288 valence electrons. The van der Waals surface area contributed by atoms with Crippen molar-refractivity contribution in [1.29, 1.82) is 0 Å². The monoisotopic (exact) mass is 830 g/mol. The normalized spacial score (nSPS) is 9.77. The predicted octanol–water partition coefficient (Wildman–Crippen LogP) is 14.2. The van der Waals surface area contributed by atoms with Gasteiger partial charge in [0.2, 0.25) is 0 Å². The quantitative estimate of drug-likeness (QED) is 0.135. The van der Waals surface area contributed by atoms with E-state index in [1.54, 1.807) is 0 Å². The fourth-order valence-corrected chi connectivity index (χ4v) is 6.85. The van der Waals surface area contributed by atoms with E-state index in [0.717, 1.165) is 22.3 Å². The molecule has 0 bridgehead atoms. The maximum atomic E-state index is 9.33. The average Bonchev–Trinajstić information content (AvgIpc) is 3.75. The summed E-state index contributed by atoms with van der Waals surface area (Å²) in [4.78, 5) is 0. The number of hydrogen-bond acceptors (Lipinski definition) is 2. The number of rotatable bonds is 2. The summed E-state index contributed by atoms with van der Waals surface area (Å²) in [6.45, 7) is 19.1. The zero-order valence-corrected chi connectivity index (χ0v) is 38.2. The van der Waals surface area contributed by atoms with E-state index in [-0.39, 0.29) is 14.9 Å². The summed E-state index contributed by atoms with van der Waals surface area (Å²) in [7, 11) is 0. The molecule has 0 fully saturated rings. The first-order valence-electron chi connectivity index (χ1n) is 18.1. The molecule has 8 aromatic carbocycles. The van der Waals surface area contributed by atoms with E-state index in [2.05, 4.69) is 142 Å². The Kier molecular flexibility index (Phi) is 19.2. The standard InChI is InChI=1S/2C16H13.2C9H12O.2CH3.Si.Zr/c2*1-12-10-14-8-5-9-15(16(14)11-12)13-6-3-2-4-7-13;2*1-6-4-7(2)9(10)8(3)5-6;;;;/h2*2-11H,1H3;2*4-5,10H,1-3H3;2*1H3;;/q2*-1;;;2*-1;;. The van der Waals surface area contributed by atoms with E-state index in [0.29, 0.717) is 11.5 Å². The van der Waals surface area contributed by atoms with Crippen molar-refractivity contribution in [2.24, 2.45) is 0 Å². The van der Waals surface area contributed by atoms with Gasteiger partial charge in [-0.25, -0.2) is 0 Å². The second-order valence-corrected chi connectivity index (χ2v) is 13.9. The summed E-state index contributed by atoms with van der Waals surface area (Å²) < 4.78 is 0.